The molecule has 0 radical (unpaired) electrons. The Morgan fingerprint density at radius 3 is 2.70 bits per heavy atom. The summed E-state index contributed by atoms with van der Waals surface area (Å²) >= 11 is 0. The van der Waals surface area contributed by atoms with Gasteiger partial charge in [-0.3, -0.25) is 14.6 Å². The average molecular weight is 463 g/mol. The van der Waals surface area contributed by atoms with Gasteiger partial charge in [-0.15, -0.1) is 0 Å². The lowest BCUT2D eigenvalue weighted by molar-refractivity contribution is -0.132. The normalized spacial score (nSPS) is 18.2. The summed E-state index contributed by atoms with van der Waals surface area (Å²) in [5.41, 5.74) is 6.34. The highest BCUT2D eigenvalue weighted by Crippen LogP contribution is 2.32. The number of fused-ring (bicyclic) bond motifs is 1. The lowest BCUT2D eigenvalue weighted by Crippen LogP contribution is -2.51. The Morgan fingerprint density at radius 2 is 2.00 bits per heavy atom. The summed E-state index contributed by atoms with van der Waals surface area (Å²) < 4.78 is 29.8. The molecule has 0 aromatic carbocycles. The number of alkyl halides is 1. The van der Waals surface area contributed by atoms with Crippen molar-refractivity contribution < 1.29 is 18.4 Å². The van der Waals surface area contributed by atoms with Crippen molar-refractivity contribution in [2.24, 2.45) is 0 Å². The number of piperazine rings is 1. The number of likely N-dealkylation sites (N-methyl/N-ethyl adjacent to an activating group) is 1. The predicted octanol–water partition coefficient (Wildman–Crippen LogP) is 0.226. The van der Waals surface area contributed by atoms with Gasteiger partial charge >= 0.3 is 0 Å². The second-order valence-corrected chi connectivity index (χ2v) is 8.35. The number of carbonyl (C=O) groups is 2. The first-order valence-electron chi connectivity index (χ1n) is 10.6. The third kappa shape index (κ3) is 4.67. The van der Waals surface area contributed by atoms with E-state index < -0.39 is 17.9 Å². The number of nitrogens with zero attached hydrogens (tertiary/aromatic N) is 6. The summed E-state index contributed by atoms with van der Waals surface area (Å²) in [6.45, 7) is 1.99. The van der Waals surface area contributed by atoms with Crippen LogP contribution in [0, 0.1) is 5.82 Å². The highest BCUT2D eigenvalue weighted by Gasteiger charge is 2.30. The van der Waals surface area contributed by atoms with Gasteiger partial charge in [0.2, 0.25) is 5.91 Å². The number of halogens is 2. The van der Waals surface area contributed by atoms with Crippen LogP contribution in [0.15, 0.2) is 12.4 Å². The molecule has 0 spiro atoms. The van der Waals surface area contributed by atoms with Crippen LogP contribution in [0.3, 0.4) is 0 Å². The summed E-state index contributed by atoms with van der Waals surface area (Å²) in [5, 5.41) is 9.54. The number of anilines is 4. The number of carbonyl (C=O) groups excluding carboxylic acids is 2. The van der Waals surface area contributed by atoms with Crippen molar-refractivity contribution in [1.29, 1.82) is 0 Å². The molecule has 1 unspecified atom stereocenters. The average Bonchev–Trinajstić information content (AvgIpc) is 3.08. The molecule has 178 valence electrons. The van der Waals surface area contributed by atoms with Crippen molar-refractivity contribution in [3.8, 4) is 0 Å². The first-order valence-corrected chi connectivity index (χ1v) is 10.6. The Morgan fingerprint density at radius 1 is 1.27 bits per heavy atom. The number of hydrogen-bond donors (Lipinski definition) is 3. The number of amides is 2. The van der Waals surface area contributed by atoms with E-state index in [1.807, 2.05) is 14.1 Å². The zero-order valence-electron chi connectivity index (χ0n) is 18.5. The number of aromatic nitrogens is 3. The maximum Gasteiger partial charge on any atom is 0.263 e. The van der Waals surface area contributed by atoms with E-state index in [0.717, 1.165) is 6.20 Å². The van der Waals surface area contributed by atoms with Crippen LogP contribution in [-0.4, -0.2) is 95.9 Å². The van der Waals surface area contributed by atoms with E-state index >= 15 is 0 Å². The molecule has 1 atom stereocenters. The summed E-state index contributed by atoms with van der Waals surface area (Å²) in [7, 11) is 3.65. The third-order valence-electron chi connectivity index (χ3n) is 5.59. The number of nitrogen functional groups attached to an aromatic ring is 1. The zero-order chi connectivity index (χ0) is 23.7. The highest BCUT2D eigenvalue weighted by atomic mass is 19.1. The number of nitrogens with two attached hydrogens (primary N) is 1. The molecule has 33 heavy (non-hydrogen) atoms. The molecule has 2 amide bonds. The molecule has 4 heterocycles. The van der Waals surface area contributed by atoms with Gasteiger partial charge in [-0.2, -0.15) is 5.10 Å². The highest BCUT2D eigenvalue weighted by molar-refractivity contribution is 6.12. The van der Waals surface area contributed by atoms with Crippen LogP contribution in [0.5, 0.6) is 0 Å². The van der Waals surface area contributed by atoms with Gasteiger partial charge in [0.1, 0.15) is 23.2 Å². The lowest BCUT2D eigenvalue weighted by atomic mass is 10.2. The molecule has 1 saturated heterocycles. The molecule has 2 aromatic heterocycles. The van der Waals surface area contributed by atoms with Crippen molar-refractivity contribution >= 4 is 34.8 Å². The molecule has 0 bridgehead atoms. The minimum Gasteiger partial charge on any atom is -0.381 e. The lowest BCUT2D eigenvalue weighted by Gasteiger charge is -2.37. The van der Waals surface area contributed by atoms with E-state index in [-0.39, 0.29) is 41.8 Å². The number of hydrogen-bond acceptors (Lipinski definition) is 8. The van der Waals surface area contributed by atoms with Crippen LogP contribution < -0.4 is 21.3 Å². The van der Waals surface area contributed by atoms with Crippen molar-refractivity contribution in [2.75, 3.05) is 74.6 Å². The summed E-state index contributed by atoms with van der Waals surface area (Å²) in [4.78, 5) is 34.5. The topological polar surface area (TPSA) is 125 Å². The summed E-state index contributed by atoms with van der Waals surface area (Å²) in [5.74, 6) is -0.926. The van der Waals surface area contributed by atoms with Crippen LogP contribution >= 0.6 is 0 Å². The molecule has 0 saturated carbocycles. The molecule has 2 aromatic rings. The Hall–Kier alpha value is -3.48. The van der Waals surface area contributed by atoms with Gasteiger partial charge in [-0.25, -0.2) is 13.5 Å². The maximum atomic E-state index is 14.8. The van der Waals surface area contributed by atoms with Gasteiger partial charge in [0.25, 0.3) is 5.91 Å². The van der Waals surface area contributed by atoms with Crippen LogP contribution in [0.25, 0.3) is 0 Å². The summed E-state index contributed by atoms with van der Waals surface area (Å²) in [6, 6.07) is 0. The molecule has 4 rings (SSSR count). The molecule has 11 nitrogen and oxygen atoms in total. The monoisotopic (exact) mass is 463 g/mol. The molecular formula is C20H27F2N9O2. The van der Waals surface area contributed by atoms with Crippen molar-refractivity contribution in [3.63, 3.8) is 0 Å². The van der Waals surface area contributed by atoms with E-state index in [1.165, 1.54) is 10.9 Å². The molecular weight excluding hydrogens is 436 g/mol. The fraction of sp³-hybridized carbons (Fsp3) is 0.500. The fourth-order valence-electron chi connectivity index (χ4n) is 4.05. The van der Waals surface area contributed by atoms with E-state index in [9.17, 15) is 18.4 Å². The zero-order valence-corrected chi connectivity index (χ0v) is 18.5. The molecule has 13 heteroatoms. The largest absolute Gasteiger partial charge is 0.381 e. The Bertz CT molecular complexity index is 1050. The van der Waals surface area contributed by atoms with Gasteiger partial charge in [-0.1, -0.05) is 0 Å². The quantitative estimate of drug-likeness (QED) is 0.576. The van der Waals surface area contributed by atoms with Gasteiger partial charge < -0.3 is 31.1 Å². The van der Waals surface area contributed by atoms with Gasteiger partial charge in [0.15, 0.2) is 11.6 Å². The van der Waals surface area contributed by atoms with Crippen LogP contribution in [0.4, 0.5) is 31.8 Å². The maximum absolute atomic E-state index is 14.8. The van der Waals surface area contributed by atoms with E-state index in [4.69, 9.17) is 5.73 Å². The molecule has 2 aliphatic heterocycles. The third-order valence-corrected chi connectivity index (χ3v) is 5.59. The van der Waals surface area contributed by atoms with Gasteiger partial charge in [-0.05, 0) is 14.1 Å². The molecule has 0 aliphatic carbocycles. The Balaban J connectivity index is 1.52. The first kappa shape index (κ1) is 22.7. The minimum atomic E-state index is -1.14. The molecule has 2 aliphatic rings. The predicted molar refractivity (Wildman–Crippen MR) is 120 cm³/mol. The fourth-order valence-corrected chi connectivity index (χ4v) is 4.05. The van der Waals surface area contributed by atoms with Gasteiger partial charge in [0.05, 0.1) is 31.2 Å². The smallest absolute Gasteiger partial charge is 0.263 e. The van der Waals surface area contributed by atoms with Crippen molar-refractivity contribution in [1.82, 2.24) is 24.6 Å². The second kappa shape index (κ2) is 9.17. The Labute approximate surface area is 189 Å². The van der Waals surface area contributed by atoms with Crippen LogP contribution in [0.1, 0.15) is 10.4 Å². The van der Waals surface area contributed by atoms with Crippen LogP contribution in [0.2, 0.25) is 0 Å². The van der Waals surface area contributed by atoms with Crippen LogP contribution in [-0.2, 0) is 11.3 Å². The minimum absolute atomic E-state index is 0.00727. The van der Waals surface area contributed by atoms with Gasteiger partial charge in [0, 0.05) is 32.7 Å². The number of pyridine rings is 1. The van der Waals surface area contributed by atoms with E-state index in [1.54, 1.807) is 14.7 Å². The van der Waals surface area contributed by atoms with Crippen molar-refractivity contribution in [3.05, 3.63) is 23.8 Å². The van der Waals surface area contributed by atoms with E-state index in [2.05, 4.69) is 20.7 Å². The van der Waals surface area contributed by atoms with Crippen molar-refractivity contribution in [2.45, 2.75) is 12.7 Å². The number of nitrogens with one attached hydrogen (secondary N) is 2. The number of rotatable bonds is 5. The molecule has 4 N–H and O–H groups in total. The Kier molecular flexibility index (Phi) is 6.31. The SMILES string of the molecule is CN(C)CC(=O)N1CCN(c2c(F)cncc2NC(=O)c2c(N)nn3c2NCC(F)C3)CC1. The first-order chi connectivity index (χ1) is 15.7. The van der Waals surface area contributed by atoms with E-state index in [0.29, 0.717) is 38.5 Å². The second-order valence-electron chi connectivity index (χ2n) is 8.35. The summed E-state index contributed by atoms with van der Waals surface area (Å²) in [6.07, 6.45) is 1.29. The standard InChI is InChI=1S/C20H27F2N9O2/c1-28(2)11-15(32)29-3-5-30(6-4-29)17-13(22)8-24-9-14(17)26-20(33)16-18(23)27-31-10-12(21)7-25-19(16)31/h8-9,12,25H,3-7,10-11H2,1-2H3,(H2,23,27)(H,26,33). The molecule has 1 fully saturated rings.